The standard InChI is InChI=1S/C10H13ClN4/c1-3-4-7-8(5-11)13-14-10-9(7)12-6-15(10)2/h6H,3-5H2,1-2H3. The first-order chi connectivity index (χ1) is 7.27. The summed E-state index contributed by atoms with van der Waals surface area (Å²) in [6.45, 7) is 2.13. The zero-order valence-electron chi connectivity index (χ0n) is 8.87. The molecule has 0 bridgehead atoms. The molecular weight excluding hydrogens is 212 g/mol. The third kappa shape index (κ3) is 1.69. The van der Waals surface area contributed by atoms with E-state index >= 15 is 0 Å². The first-order valence-corrected chi connectivity index (χ1v) is 5.52. The van der Waals surface area contributed by atoms with Crippen molar-refractivity contribution in [1.29, 1.82) is 0 Å². The Kier molecular flexibility index (Phi) is 2.86. The Bertz CT molecular complexity index is 477. The number of hydrogen-bond donors (Lipinski definition) is 0. The summed E-state index contributed by atoms with van der Waals surface area (Å²) in [6, 6.07) is 0. The number of aryl methyl sites for hydroxylation is 2. The Labute approximate surface area is 93.3 Å². The highest BCUT2D eigenvalue weighted by Crippen LogP contribution is 2.19. The lowest BCUT2D eigenvalue weighted by atomic mass is 10.1. The normalized spacial score (nSPS) is 11.1. The molecule has 5 heteroatoms. The number of nitrogens with zero attached hydrogens (tertiary/aromatic N) is 4. The first-order valence-electron chi connectivity index (χ1n) is 4.99. The van der Waals surface area contributed by atoms with Gasteiger partial charge >= 0.3 is 0 Å². The molecule has 0 aromatic carbocycles. The molecule has 2 aromatic rings. The third-order valence-electron chi connectivity index (χ3n) is 2.43. The van der Waals surface area contributed by atoms with E-state index in [9.17, 15) is 0 Å². The lowest BCUT2D eigenvalue weighted by Gasteiger charge is -2.04. The SMILES string of the molecule is CCCc1c(CCl)nnc2c1ncn2C. The van der Waals surface area contributed by atoms with E-state index in [1.807, 2.05) is 11.6 Å². The van der Waals surface area contributed by atoms with Crippen LogP contribution in [0.25, 0.3) is 11.2 Å². The molecule has 0 aliphatic heterocycles. The molecule has 0 saturated carbocycles. The molecule has 0 saturated heterocycles. The summed E-state index contributed by atoms with van der Waals surface area (Å²) in [7, 11) is 1.92. The van der Waals surface area contributed by atoms with Gasteiger partial charge in [-0.3, -0.25) is 0 Å². The van der Waals surface area contributed by atoms with Crippen LogP contribution in [0.4, 0.5) is 0 Å². The minimum absolute atomic E-state index is 0.398. The Morgan fingerprint density at radius 1 is 1.40 bits per heavy atom. The minimum Gasteiger partial charge on any atom is -0.317 e. The molecular formula is C10H13ClN4. The molecule has 2 aromatic heterocycles. The van der Waals surface area contributed by atoms with E-state index in [0.717, 1.165) is 35.3 Å². The van der Waals surface area contributed by atoms with Gasteiger partial charge in [-0.15, -0.1) is 16.7 Å². The topological polar surface area (TPSA) is 43.6 Å². The highest BCUT2D eigenvalue weighted by Gasteiger charge is 2.12. The van der Waals surface area contributed by atoms with Gasteiger partial charge in [-0.1, -0.05) is 13.3 Å². The number of rotatable bonds is 3. The fourth-order valence-corrected chi connectivity index (χ4v) is 1.89. The number of aromatic nitrogens is 4. The van der Waals surface area contributed by atoms with Crippen molar-refractivity contribution in [2.24, 2.45) is 7.05 Å². The number of fused-ring (bicyclic) bond motifs is 1. The molecule has 0 unspecified atom stereocenters. The third-order valence-corrected chi connectivity index (χ3v) is 2.69. The summed E-state index contributed by atoms with van der Waals surface area (Å²) in [6.07, 6.45) is 3.77. The Hall–Kier alpha value is -1.16. The zero-order chi connectivity index (χ0) is 10.8. The van der Waals surface area contributed by atoms with Crippen molar-refractivity contribution in [3.63, 3.8) is 0 Å². The van der Waals surface area contributed by atoms with Gasteiger partial charge in [0.05, 0.1) is 17.9 Å². The van der Waals surface area contributed by atoms with Gasteiger partial charge < -0.3 is 4.57 Å². The smallest absolute Gasteiger partial charge is 0.182 e. The monoisotopic (exact) mass is 224 g/mol. The first kappa shape index (κ1) is 10.4. The molecule has 80 valence electrons. The van der Waals surface area contributed by atoms with Crippen LogP contribution < -0.4 is 0 Å². The van der Waals surface area contributed by atoms with E-state index in [-0.39, 0.29) is 0 Å². The quantitative estimate of drug-likeness (QED) is 0.750. The van der Waals surface area contributed by atoms with Gasteiger partial charge in [-0.05, 0) is 6.42 Å². The molecule has 2 heterocycles. The maximum atomic E-state index is 5.84. The maximum Gasteiger partial charge on any atom is 0.182 e. The van der Waals surface area contributed by atoms with Gasteiger partial charge in [0, 0.05) is 12.6 Å². The van der Waals surface area contributed by atoms with Crippen molar-refractivity contribution in [1.82, 2.24) is 19.7 Å². The van der Waals surface area contributed by atoms with Gasteiger partial charge in [0.25, 0.3) is 0 Å². The van der Waals surface area contributed by atoms with Gasteiger partial charge in [-0.2, -0.15) is 5.10 Å². The molecule has 0 radical (unpaired) electrons. The molecule has 15 heavy (non-hydrogen) atoms. The summed E-state index contributed by atoms with van der Waals surface area (Å²) in [5.74, 6) is 0.398. The van der Waals surface area contributed by atoms with Crippen LogP contribution in [-0.2, 0) is 19.3 Å². The second kappa shape index (κ2) is 4.14. The average Bonchev–Trinajstić information content (AvgIpc) is 2.62. The summed E-state index contributed by atoms with van der Waals surface area (Å²) < 4.78 is 1.87. The van der Waals surface area contributed by atoms with Crippen LogP contribution in [0.3, 0.4) is 0 Å². The summed E-state index contributed by atoms with van der Waals surface area (Å²) in [5, 5.41) is 8.25. The predicted octanol–water partition coefficient (Wildman–Crippen LogP) is 2.05. The molecule has 0 spiro atoms. The minimum atomic E-state index is 0.398. The maximum absolute atomic E-state index is 5.84. The second-order valence-corrected chi connectivity index (χ2v) is 3.80. The zero-order valence-corrected chi connectivity index (χ0v) is 9.62. The van der Waals surface area contributed by atoms with Crippen LogP contribution in [0.15, 0.2) is 6.33 Å². The lowest BCUT2D eigenvalue weighted by Crippen LogP contribution is -2.01. The fourth-order valence-electron chi connectivity index (χ4n) is 1.68. The van der Waals surface area contributed by atoms with E-state index in [1.165, 1.54) is 0 Å². The molecule has 0 aliphatic carbocycles. The largest absolute Gasteiger partial charge is 0.317 e. The van der Waals surface area contributed by atoms with Crippen LogP contribution in [0, 0.1) is 0 Å². The molecule has 0 fully saturated rings. The van der Waals surface area contributed by atoms with Crippen LogP contribution in [0.1, 0.15) is 24.6 Å². The molecule has 2 rings (SSSR count). The van der Waals surface area contributed by atoms with Crippen LogP contribution >= 0.6 is 11.6 Å². The lowest BCUT2D eigenvalue weighted by molar-refractivity contribution is 0.861. The van der Waals surface area contributed by atoms with Gasteiger partial charge in [0.2, 0.25) is 0 Å². The number of hydrogen-bond acceptors (Lipinski definition) is 3. The second-order valence-electron chi connectivity index (χ2n) is 3.54. The van der Waals surface area contributed by atoms with Crippen LogP contribution in [0.2, 0.25) is 0 Å². The van der Waals surface area contributed by atoms with Gasteiger partial charge in [-0.25, -0.2) is 4.98 Å². The van der Waals surface area contributed by atoms with Crippen LogP contribution in [0.5, 0.6) is 0 Å². The van der Waals surface area contributed by atoms with E-state index < -0.39 is 0 Å². The molecule has 0 amide bonds. The van der Waals surface area contributed by atoms with E-state index in [0.29, 0.717) is 5.88 Å². The summed E-state index contributed by atoms with van der Waals surface area (Å²) in [5.41, 5.74) is 3.75. The molecule has 4 nitrogen and oxygen atoms in total. The molecule has 0 atom stereocenters. The van der Waals surface area contributed by atoms with Gasteiger partial charge in [0.15, 0.2) is 5.65 Å². The predicted molar refractivity (Wildman–Crippen MR) is 59.9 cm³/mol. The van der Waals surface area contributed by atoms with Crippen molar-refractivity contribution in [3.05, 3.63) is 17.6 Å². The number of alkyl halides is 1. The molecule has 0 N–H and O–H groups in total. The number of imidazole rings is 1. The van der Waals surface area contributed by atoms with Gasteiger partial charge in [0.1, 0.15) is 5.52 Å². The Balaban J connectivity index is 2.67. The Morgan fingerprint density at radius 2 is 2.20 bits per heavy atom. The summed E-state index contributed by atoms with van der Waals surface area (Å²) >= 11 is 5.84. The number of halogens is 1. The molecule has 0 aliphatic rings. The van der Waals surface area contributed by atoms with E-state index in [1.54, 1.807) is 6.33 Å². The van der Waals surface area contributed by atoms with Crippen LogP contribution in [-0.4, -0.2) is 19.7 Å². The fraction of sp³-hybridized carbons (Fsp3) is 0.500. The average molecular weight is 225 g/mol. The van der Waals surface area contributed by atoms with E-state index in [2.05, 4.69) is 22.1 Å². The highest BCUT2D eigenvalue weighted by atomic mass is 35.5. The van der Waals surface area contributed by atoms with Crippen molar-refractivity contribution >= 4 is 22.8 Å². The summed E-state index contributed by atoms with van der Waals surface area (Å²) in [4.78, 5) is 4.35. The van der Waals surface area contributed by atoms with Crippen molar-refractivity contribution in [3.8, 4) is 0 Å². The van der Waals surface area contributed by atoms with Crippen molar-refractivity contribution < 1.29 is 0 Å². The van der Waals surface area contributed by atoms with Crippen molar-refractivity contribution in [2.45, 2.75) is 25.6 Å². The van der Waals surface area contributed by atoms with Crippen molar-refractivity contribution in [2.75, 3.05) is 0 Å². The van der Waals surface area contributed by atoms with E-state index in [4.69, 9.17) is 11.6 Å². The highest BCUT2D eigenvalue weighted by molar-refractivity contribution is 6.17. The Morgan fingerprint density at radius 3 is 2.87 bits per heavy atom.